The van der Waals surface area contributed by atoms with Crippen LogP contribution in [0.25, 0.3) is 10.9 Å². The summed E-state index contributed by atoms with van der Waals surface area (Å²) in [5.41, 5.74) is 2.20. The number of H-pyrrole nitrogens is 1. The number of nitrogens with one attached hydrogen (secondary N) is 2. The van der Waals surface area contributed by atoms with Gasteiger partial charge in [0.15, 0.2) is 0 Å². The molecule has 1 atom stereocenters. The topological polar surface area (TPSA) is 65.2 Å². The van der Waals surface area contributed by atoms with E-state index in [-0.39, 0.29) is 11.8 Å². The number of hydrogen-bond donors (Lipinski definition) is 2. The van der Waals surface area contributed by atoms with Crippen molar-refractivity contribution in [3.05, 3.63) is 66.4 Å². The number of anilines is 1. The zero-order chi connectivity index (χ0) is 17.2. The Bertz CT molecular complexity index is 884. The third-order valence-corrected chi connectivity index (χ3v) is 4.62. The lowest BCUT2D eigenvalue weighted by molar-refractivity contribution is -0.119. The molecule has 0 saturated carbocycles. The maximum absolute atomic E-state index is 12.9. The molecule has 0 radical (unpaired) electrons. The summed E-state index contributed by atoms with van der Waals surface area (Å²) in [5, 5.41) is 3.90. The van der Waals surface area contributed by atoms with Crippen molar-refractivity contribution in [2.75, 3.05) is 11.9 Å². The van der Waals surface area contributed by atoms with Crippen LogP contribution < -0.4 is 5.32 Å². The van der Waals surface area contributed by atoms with E-state index in [4.69, 9.17) is 0 Å². The number of fused-ring (bicyclic) bond motifs is 1. The van der Waals surface area contributed by atoms with Crippen molar-refractivity contribution in [2.24, 2.45) is 0 Å². The summed E-state index contributed by atoms with van der Waals surface area (Å²) in [6, 6.07) is 18.5. The second-order valence-electron chi connectivity index (χ2n) is 6.28. The zero-order valence-electron chi connectivity index (χ0n) is 13.7. The SMILES string of the molecule is O=C(Nc1ccccc1)C1CCCN1C(=O)c1cc2ccccc2[nH]1. The van der Waals surface area contributed by atoms with Crippen LogP contribution in [0.2, 0.25) is 0 Å². The minimum Gasteiger partial charge on any atom is -0.351 e. The van der Waals surface area contributed by atoms with Gasteiger partial charge in [0.25, 0.3) is 5.91 Å². The summed E-state index contributed by atoms with van der Waals surface area (Å²) in [5.74, 6) is -0.255. The van der Waals surface area contributed by atoms with E-state index in [2.05, 4.69) is 10.3 Å². The van der Waals surface area contributed by atoms with Crippen LogP contribution in [0.1, 0.15) is 23.3 Å². The van der Waals surface area contributed by atoms with Crippen LogP contribution in [-0.2, 0) is 4.79 Å². The minimum absolute atomic E-state index is 0.123. The molecule has 0 aliphatic carbocycles. The number of aromatic amines is 1. The number of nitrogens with zero attached hydrogens (tertiary/aromatic N) is 1. The third kappa shape index (κ3) is 3.01. The van der Waals surface area contributed by atoms with E-state index in [1.807, 2.05) is 60.7 Å². The number of hydrogen-bond acceptors (Lipinski definition) is 2. The van der Waals surface area contributed by atoms with Gasteiger partial charge in [0, 0.05) is 23.1 Å². The fourth-order valence-corrected chi connectivity index (χ4v) is 3.37. The normalized spacial score (nSPS) is 17.0. The van der Waals surface area contributed by atoms with Crippen LogP contribution in [-0.4, -0.2) is 34.3 Å². The van der Waals surface area contributed by atoms with E-state index in [1.54, 1.807) is 4.90 Å². The second-order valence-corrected chi connectivity index (χ2v) is 6.28. The quantitative estimate of drug-likeness (QED) is 0.771. The molecule has 5 heteroatoms. The van der Waals surface area contributed by atoms with Gasteiger partial charge in [-0.25, -0.2) is 0 Å². The van der Waals surface area contributed by atoms with Crippen molar-refractivity contribution in [3.63, 3.8) is 0 Å². The fraction of sp³-hybridized carbons (Fsp3) is 0.200. The number of para-hydroxylation sites is 2. The summed E-state index contributed by atoms with van der Waals surface area (Å²) in [6.45, 7) is 0.598. The number of rotatable bonds is 3. The Labute approximate surface area is 145 Å². The van der Waals surface area contributed by atoms with Crippen LogP contribution in [0.3, 0.4) is 0 Å². The standard InChI is InChI=1S/C20H19N3O2/c24-19(21-15-8-2-1-3-9-15)18-11-6-12-23(18)20(25)17-13-14-7-4-5-10-16(14)22-17/h1-5,7-10,13,18,22H,6,11-12H2,(H,21,24). The van der Waals surface area contributed by atoms with Gasteiger partial charge in [0.2, 0.25) is 5.91 Å². The highest BCUT2D eigenvalue weighted by Crippen LogP contribution is 2.23. The number of benzene rings is 2. The summed E-state index contributed by atoms with van der Waals surface area (Å²) < 4.78 is 0. The van der Waals surface area contributed by atoms with Gasteiger partial charge in [-0.05, 0) is 37.1 Å². The Hall–Kier alpha value is -3.08. The van der Waals surface area contributed by atoms with E-state index in [0.717, 1.165) is 23.0 Å². The van der Waals surface area contributed by atoms with Gasteiger partial charge in [-0.2, -0.15) is 0 Å². The molecule has 1 aliphatic heterocycles. The van der Waals surface area contributed by atoms with Crippen molar-refractivity contribution in [3.8, 4) is 0 Å². The summed E-state index contributed by atoms with van der Waals surface area (Å²) in [6.07, 6.45) is 1.52. The molecule has 25 heavy (non-hydrogen) atoms. The molecule has 1 fully saturated rings. The maximum atomic E-state index is 12.9. The number of amides is 2. The minimum atomic E-state index is -0.431. The molecule has 1 unspecified atom stereocenters. The van der Waals surface area contributed by atoms with Gasteiger partial charge in [0.05, 0.1) is 0 Å². The van der Waals surface area contributed by atoms with E-state index in [0.29, 0.717) is 18.7 Å². The lowest BCUT2D eigenvalue weighted by Crippen LogP contribution is -2.43. The molecule has 4 rings (SSSR count). The lowest BCUT2D eigenvalue weighted by Gasteiger charge is -2.23. The smallest absolute Gasteiger partial charge is 0.270 e. The Morgan fingerprint density at radius 3 is 2.60 bits per heavy atom. The molecule has 2 aromatic carbocycles. The Balaban J connectivity index is 1.54. The average Bonchev–Trinajstić information content (AvgIpc) is 3.29. The van der Waals surface area contributed by atoms with Crippen LogP contribution in [0.15, 0.2) is 60.7 Å². The van der Waals surface area contributed by atoms with Gasteiger partial charge in [0.1, 0.15) is 11.7 Å². The van der Waals surface area contributed by atoms with E-state index < -0.39 is 6.04 Å². The third-order valence-electron chi connectivity index (χ3n) is 4.62. The first-order chi connectivity index (χ1) is 12.2. The van der Waals surface area contributed by atoms with Crippen LogP contribution in [0.5, 0.6) is 0 Å². The first kappa shape index (κ1) is 15.4. The fourth-order valence-electron chi connectivity index (χ4n) is 3.37. The maximum Gasteiger partial charge on any atom is 0.270 e. The highest BCUT2D eigenvalue weighted by Gasteiger charge is 2.35. The van der Waals surface area contributed by atoms with Gasteiger partial charge >= 0.3 is 0 Å². The molecular formula is C20H19N3O2. The molecule has 2 heterocycles. The van der Waals surface area contributed by atoms with Crippen LogP contribution >= 0.6 is 0 Å². The molecule has 3 aromatic rings. The van der Waals surface area contributed by atoms with Crippen LogP contribution in [0.4, 0.5) is 5.69 Å². The first-order valence-electron chi connectivity index (χ1n) is 8.47. The van der Waals surface area contributed by atoms with E-state index in [1.165, 1.54) is 0 Å². The Morgan fingerprint density at radius 2 is 1.80 bits per heavy atom. The number of carbonyl (C=O) groups is 2. The second kappa shape index (κ2) is 6.43. The largest absolute Gasteiger partial charge is 0.351 e. The van der Waals surface area contributed by atoms with Crippen molar-refractivity contribution in [1.82, 2.24) is 9.88 Å². The average molecular weight is 333 g/mol. The number of likely N-dealkylation sites (tertiary alicyclic amines) is 1. The molecule has 2 N–H and O–H groups in total. The molecular weight excluding hydrogens is 314 g/mol. The molecule has 5 nitrogen and oxygen atoms in total. The van der Waals surface area contributed by atoms with Crippen molar-refractivity contribution >= 4 is 28.4 Å². The highest BCUT2D eigenvalue weighted by molar-refractivity contribution is 6.02. The summed E-state index contributed by atoms with van der Waals surface area (Å²) in [7, 11) is 0. The highest BCUT2D eigenvalue weighted by atomic mass is 16.2. The number of carbonyl (C=O) groups excluding carboxylic acids is 2. The van der Waals surface area contributed by atoms with E-state index in [9.17, 15) is 9.59 Å². The predicted molar refractivity (Wildman–Crippen MR) is 97.4 cm³/mol. The van der Waals surface area contributed by atoms with Gasteiger partial charge < -0.3 is 15.2 Å². The van der Waals surface area contributed by atoms with E-state index >= 15 is 0 Å². The molecule has 126 valence electrons. The summed E-state index contributed by atoms with van der Waals surface area (Å²) >= 11 is 0. The van der Waals surface area contributed by atoms with Gasteiger partial charge in [-0.1, -0.05) is 36.4 Å². The van der Waals surface area contributed by atoms with Crippen LogP contribution in [0, 0.1) is 0 Å². The molecule has 1 aromatic heterocycles. The molecule has 2 amide bonds. The Kier molecular flexibility index (Phi) is 3.98. The first-order valence-corrected chi connectivity index (χ1v) is 8.47. The van der Waals surface area contributed by atoms with Gasteiger partial charge in [-0.15, -0.1) is 0 Å². The van der Waals surface area contributed by atoms with Crippen molar-refractivity contribution < 1.29 is 9.59 Å². The molecule has 1 saturated heterocycles. The van der Waals surface area contributed by atoms with Crippen molar-refractivity contribution in [1.29, 1.82) is 0 Å². The predicted octanol–water partition coefficient (Wildman–Crippen LogP) is 3.41. The molecule has 0 bridgehead atoms. The number of aromatic nitrogens is 1. The van der Waals surface area contributed by atoms with Gasteiger partial charge in [-0.3, -0.25) is 9.59 Å². The lowest BCUT2D eigenvalue weighted by atomic mass is 10.2. The Morgan fingerprint density at radius 1 is 1.04 bits per heavy atom. The summed E-state index contributed by atoms with van der Waals surface area (Å²) in [4.78, 5) is 30.3. The van der Waals surface area contributed by atoms with Crippen molar-refractivity contribution in [2.45, 2.75) is 18.9 Å². The zero-order valence-corrected chi connectivity index (χ0v) is 13.7. The monoisotopic (exact) mass is 333 g/mol. The molecule has 1 aliphatic rings. The molecule has 0 spiro atoms.